The summed E-state index contributed by atoms with van der Waals surface area (Å²) >= 11 is 0. The Kier molecular flexibility index (Phi) is 5.44. The zero-order valence-corrected chi connectivity index (χ0v) is 13.2. The Labute approximate surface area is 126 Å². The maximum Gasteiger partial charge on any atom is 0.244 e. The number of ether oxygens (including phenoxy) is 1. The predicted molar refractivity (Wildman–Crippen MR) is 82.9 cm³/mol. The summed E-state index contributed by atoms with van der Waals surface area (Å²) in [5.41, 5.74) is 6.06. The molecule has 0 amide bonds. The first kappa shape index (κ1) is 16.1. The van der Waals surface area contributed by atoms with Crippen LogP contribution in [0.3, 0.4) is 0 Å². The number of piperidine rings is 1. The van der Waals surface area contributed by atoms with Crippen LogP contribution >= 0.6 is 0 Å². The van der Waals surface area contributed by atoms with E-state index in [2.05, 4.69) is 9.62 Å². The summed E-state index contributed by atoms with van der Waals surface area (Å²) < 4.78 is 31.9. The molecule has 0 unspecified atom stereocenters. The van der Waals surface area contributed by atoms with Crippen molar-refractivity contribution in [3.05, 3.63) is 18.2 Å². The number of hydrogen-bond donors (Lipinski definition) is 2. The summed E-state index contributed by atoms with van der Waals surface area (Å²) in [6.45, 7) is 3.46. The minimum atomic E-state index is -3.58. The van der Waals surface area contributed by atoms with Gasteiger partial charge in [0.2, 0.25) is 10.0 Å². The van der Waals surface area contributed by atoms with Gasteiger partial charge in [0.25, 0.3) is 0 Å². The van der Waals surface area contributed by atoms with Gasteiger partial charge in [-0.3, -0.25) is 4.90 Å². The molecule has 1 saturated heterocycles. The lowest BCUT2D eigenvalue weighted by molar-refractivity contribution is 0.181. The van der Waals surface area contributed by atoms with E-state index in [0.29, 0.717) is 18.0 Å². The molecule has 1 fully saturated rings. The van der Waals surface area contributed by atoms with Crippen LogP contribution < -0.4 is 15.2 Å². The van der Waals surface area contributed by atoms with Crippen molar-refractivity contribution in [2.45, 2.75) is 24.2 Å². The molecule has 118 valence electrons. The third-order valence-electron chi connectivity index (χ3n) is 3.64. The fraction of sp³-hybridized carbons (Fsp3) is 0.571. The van der Waals surface area contributed by atoms with E-state index in [1.54, 1.807) is 12.1 Å². The van der Waals surface area contributed by atoms with Crippen molar-refractivity contribution in [1.29, 1.82) is 0 Å². The van der Waals surface area contributed by atoms with Gasteiger partial charge in [0, 0.05) is 12.2 Å². The van der Waals surface area contributed by atoms with Gasteiger partial charge >= 0.3 is 0 Å². The normalized spacial score (nSPS) is 16.8. The highest BCUT2D eigenvalue weighted by atomic mass is 32.2. The first-order valence-electron chi connectivity index (χ1n) is 7.21. The van der Waals surface area contributed by atoms with Crippen molar-refractivity contribution in [1.82, 2.24) is 9.62 Å². The Hall–Kier alpha value is -1.31. The fourth-order valence-corrected chi connectivity index (χ4v) is 3.33. The van der Waals surface area contributed by atoms with Gasteiger partial charge in [0.15, 0.2) is 0 Å². The topological polar surface area (TPSA) is 84.7 Å². The second-order valence-electron chi connectivity index (χ2n) is 5.16. The van der Waals surface area contributed by atoms with E-state index < -0.39 is 10.0 Å². The van der Waals surface area contributed by atoms with Crippen LogP contribution in [0, 0.1) is 0 Å². The maximum absolute atomic E-state index is 12.0. The molecular weight excluding hydrogens is 290 g/mol. The van der Waals surface area contributed by atoms with E-state index in [1.165, 1.54) is 32.4 Å². The number of nitrogens with one attached hydrogen (secondary N) is 1. The Morgan fingerprint density at radius 2 is 2.00 bits per heavy atom. The van der Waals surface area contributed by atoms with Crippen LogP contribution in [0.5, 0.6) is 5.75 Å². The van der Waals surface area contributed by atoms with Gasteiger partial charge in [-0.15, -0.1) is 0 Å². The molecule has 2 rings (SSSR count). The third-order valence-corrected chi connectivity index (χ3v) is 5.08. The average Bonchev–Trinajstić information content (AvgIpc) is 2.49. The summed E-state index contributed by atoms with van der Waals surface area (Å²) in [6.07, 6.45) is 3.74. The van der Waals surface area contributed by atoms with Crippen molar-refractivity contribution in [3.63, 3.8) is 0 Å². The molecule has 21 heavy (non-hydrogen) atoms. The van der Waals surface area contributed by atoms with Crippen LogP contribution in [0.25, 0.3) is 0 Å². The third kappa shape index (κ3) is 4.33. The first-order valence-corrected chi connectivity index (χ1v) is 8.69. The number of hydrogen-bond acceptors (Lipinski definition) is 5. The molecular formula is C14H23N3O3S. The highest BCUT2D eigenvalue weighted by Crippen LogP contribution is 2.26. The van der Waals surface area contributed by atoms with Gasteiger partial charge in [-0.2, -0.15) is 0 Å². The molecule has 0 aromatic heterocycles. The van der Waals surface area contributed by atoms with Gasteiger partial charge < -0.3 is 10.5 Å². The Bertz CT molecular complexity index is 569. The number of nitrogens with zero attached hydrogens (tertiary/aromatic N) is 1. The van der Waals surface area contributed by atoms with Crippen LogP contribution in [0.4, 0.5) is 5.69 Å². The molecule has 1 heterocycles. The van der Waals surface area contributed by atoms with E-state index in [0.717, 1.165) is 19.6 Å². The van der Waals surface area contributed by atoms with Crippen molar-refractivity contribution in [3.8, 4) is 5.75 Å². The Morgan fingerprint density at radius 1 is 1.29 bits per heavy atom. The van der Waals surface area contributed by atoms with Crippen LogP contribution in [0.1, 0.15) is 19.3 Å². The maximum atomic E-state index is 12.0. The standard InChI is InChI=1S/C14H23N3O3S/c1-16-21(18,19)14-11-12(15)5-6-13(14)20-10-9-17-7-3-2-4-8-17/h5-6,11,16H,2-4,7-10,15H2,1H3. The quantitative estimate of drug-likeness (QED) is 0.767. The summed E-state index contributed by atoms with van der Waals surface area (Å²) in [4.78, 5) is 2.43. The zero-order valence-electron chi connectivity index (χ0n) is 12.3. The number of sulfonamides is 1. The van der Waals surface area contributed by atoms with Crippen LogP contribution in [-0.4, -0.2) is 46.6 Å². The smallest absolute Gasteiger partial charge is 0.244 e. The monoisotopic (exact) mass is 313 g/mol. The van der Waals surface area contributed by atoms with Gasteiger partial charge in [-0.05, 0) is 51.2 Å². The molecule has 0 spiro atoms. The first-order chi connectivity index (χ1) is 10.0. The number of anilines is 1. The van der Waals surface area contributed by atoms with Gasteiger partial charge in [-0.25, -0.2) is 13.1 Å². The summed E-state index contributed by atoms with van der Waals surface area (Å²) in [5, 5.41) is 0. The van der Waals surface area contributed by atoms with Gasteiger partial charge in [0.05, 0.1) is 0 Å². The molecule has 1 aromatic rings. The minimum Gasteiger partial charge on any atom is -0.491 e. The van der Waals surface area contributed by atoms with Crippen LogP contribution in [0.15, 0.2) is 23.1 Å². The van der Waals surface area contributed by atoms with E-state index in [1.807, 2.05) is 0 Å². The Morgan fingerprint density at radius 3 is 2.67 bits per heavy atom. The molecule has 1 aliphatic heterocycles. The molecule has 0 saturated carbocycles. The minimum absolute atomic E-state index is 0.0867. The lowest BCUT2D eigenvalue weighted by atomic mass is 10.1. The second kappa shape index (κ2) is 7.11. The molecule has 0 radical (unpaired) electrons. The van der Waals surface area contributed by atoms with Gasteiger partial charge in [0.1, 0.15) is 17.3 Å². The molecule has 6 nitrogen and oxygen atoms in total. The highest BCUT2D eigenvalue weighted by molar-refractivity contribution is 7.89. The summed E-state index contributed by atoms with van der Waals surface area (Å²) in [7, 11) is -2.20. The summed E-state index contributed by atoms with van der Waals surface area (Å²) in [5.74, 6) is 0.343. The number of nitrogens with two attached hydrogens (primary N) is 1. The van der Waals surface area contributed by atoms with Gasteiger partial charge in [-0.1, -0.05) is 6.42 Å². The van der Waals surface area contributed by atoms with Crippen molar-refractivity contribution in [2.24, 2.45) is 0 Å². The molecule has 0 bridgehead atoms. The molecule has 3 N–H and O–H groups in total. The van der Waals surface area contributed by atoms with E-state index in [-0.39, 0.29) is 4.90 Å². The van der Waals surface area contributed by atoms with E-state index >= 15 is 0 Å². The van der Waals surface area contributed by atoms with E-state index in [4.69, 9.17) is 10.5 Å². The lowest BCUT2D eigenvalue weighted by Gasteiger charge is -2.26. The number of rotatable bonds is 6. The molecule has 1 aromatic carbocycles. The van der Waals surface area contributed by atoms with Crippen LogP contribution in [0.2, 0.25) is 0 Å². The van der Waals surface area contributed by atoms with E-state index in [9.17, 15) is 8.42 Å². The largest absolute Gasteiger partial charge is 0.491 e. The van der Waals surface area contributed by atoms with Crippen LogP contribution in [-0.2, 0) is 10.0 Å². The number of likely N-dealkylation sites (tertiary alicyclic amines) is 1. The SMILES string of the molecule is CNS(=O)(=O)c1cc(N)ccc1OCCN1CCCCC1. The molecule has 1 aliphatic rings. The molecule has 7 heteroatoms. The zero-order chi connectivity index (χ0) is 15.3. The number of benzene rings is 1. The summed E-state index contributed by atoms with van der Waals surface area (Å²) in [6, 6.07) is 4.67. The van der Waals surface area contributed by atoms with Crippen molar-refractivity contribution < 1.29 is 13.2 Å². The predicted octanol–water partition coefficient (Wildman–Crippen LogP) is 1.04. The number of nitrogen functional groups attached to an aromatic ring is 1. The lowest BCUT2D eigenvalue weighted by Crippen LogP contribution is -2.33. The average molecular weight is 313 g/mol. The molecule has 0 atom stereocenters. The molecule has 0 aliphatic carbocycles. The highest BCUT2D eigenvalue weighted by Gasteiger charge is 2.18. The second-order valence-corrected chi connectivity index (χ2v) is 7.02. The van der Waals surface area contributed by atoms with Crippen molar-refractivity contribution >= 4 is 15.7 Å². The Balaban J connectivity index is 2.02. The van der Waals surface area contributed by atoms with Crippen molar-refractivity contribution in [2.75, 3.05) is 39.0 Å². The fourth-order valence-electron chi connectivity index (χ4n) is 2.43.